The average Bonchev–Trinajstić information content (AvgIpc) is 2.70. The molecule has 92 valence electrons. The minimum atomic E-state index is -0.319. The van der Waals surface area contributed by atoms with E-state index in [1.165, 1.54) is 12.1 Å². The number of rotatable bonds is 4. The lowest BCUT2D eigenvalue weighted by Gasteiger charge is -2.11. The Hall–Kier alpha value is -0.900. The lowest BCUT2D eigenvalue weighted by atomic mass is 10.0. The van der Waals surface area contributed by atoms with E-state index in [2.05, 4.69) is 15.9 Å². The molecule has 4 heteroatoms. The summed E-state index contributed by atoms with van der Waals surface area (Å²) in [7, 11) is 0. The lowest BCUT2D eigenvalue weighted by molar-refractivity contribution is -0.121. The van der Waals surface area contributed by atoms with E-state index in [1.807, 2.05) is 0 Å². The van der Waals surface area contributed by atoms with Crippen LogP contribution < -0.4 is 4.74 Å². The van der Waals surface area contributed by atoms with Crippen molar-refractivity contribution in [2.45, 2.75) is 25.7 Å². The SMILES string of the molecule is O=C1CCCC1CCOc1cc(F)ccc1Br. The van der Waals surface area contributed by atoms with E-state index in [0.717, 1.165) is 23.7 Å². The highest BCUT2D eigenvalue weighted by Gasteiger charge is 2.23. The number of carbonyl (C=O) groups excluding carboxylic acids is 1. The lowest BCUT2D eigenvalue weighted by Crippen LogP contribution is -2.11. The molecule has 17 heavy (non-hydrogen) atoms. The van der Waals surface area contributed by atoms with Crippen molar-refractivity contribution in [3.05, 3.63) is 28.5 Å². The fourth-order valence-electron chi connectivity index (χ4n) is 2.09. The fraction of sp³-hybridized carbons (Fsp3) is 0.462. The Labute approximate surface area is 108 Å². The third-order valence-electron chi connectivity index (χ3n) is 3.05. The maximum absolute atomic E-state index is 13.0. The molecule has 1 aliphatic carbocycles. The summed E-state index contributed by atoms with van der Waals surface area (Å²) >= 11 is 3.30. The standard InChI is InChI=1S/C13H14BrFO2/c14-11-5-4-10(15)8-13(11)17-7-6-9-2-1-3-12(9)16/h4-5,8-9H,1-3,6-7H2. The molecule has 1 saturated carbocycles. The molecular weight excluding hydrogens is 287 g/mol. The molecule has 1 aromatic rings. The highest BCUT2D eigenvalue weighted by atomic mass is 79.9. The number of benzene rings is 1. The maximum atomic E-state index is 13.0. The molecule has 0 amide bonds. The summed E-state index contributed by atoms with van der Waals surface area (Å²) in [6.07, 6.45) is 3.38. The van der Waals surface area contributed by atoms with Gasteiger partial charge in [0.25, 0.3) is 0 Å². The second-order valence-electron chi connectivity index (χ2n) is 4.27. The zero-order valence-electron chi connectivity index (χ0n) is 9.42. The second-order valence-corrected chi connectivity index (χ2v) is 5.12. The summed E-state index contributed by atoms with van der Waals surface area (Å²) in [4.78, 5) is 11.4. The van der Waals surface area contributed by atoms with Crippen LogP contribution in [0.1, 0.15) is 25.7 Å². The molecule has 0 saturated heterocycles. The number of hydrogen-bond acceptors (Lipinski definition) is 2. The number of carbonyl (C=O) groups is 1. The van der Waals surface area contributed by atoms with Crippen molar-refractivity contribution in [1.29, 1.82) is 0 Å². The largest absolute Gasteiger partial charge is 0.492 e. The van der Waals surface area contributed by atoms with Crippen LogP contribution in [-0.4, -0.2) is 12.4 Å². The van der Waals surface area contributed by atoms with Crippen LogP contribution in [0.15, 0.2) is 22.7 Å². The van der Waals surface area contributed by atoms with Crippen LogP contribution >= 0.6 is 15.9 Å². The first-order valence-electron chi connectivity index (χ1n) is 5.77. The highest BCUT2D eigenvalue weighted by Crippen LogP contribution is 2.27. The van der Waals surface area contributed by atoms with Crippen molar-refractivity contribution in [2.75, 3.05) is 6.61 Å². The summed E-state index contributed by atoms with van der Waals surface area (Å²) in [5, 5.41) is 0. The summed E-state index contributed by atoms with van der Waals surface area (Å²) < 4.78 is 19.2. The van der Waals surface area contributed by atoms with Gasteiger partial charge in [-0.25, -0.2) is 4.39 Å². The van der Waals surface area contributed by atoms with Crippen LogP contribution in [-0.2, 0) is 4.79 Å². The molecule has 1 aliphatic rings. The molecule has 2 nitrogen and oxygen atoms in total. The fourth-order valence-corrected chi connectivity index (χ4v) is 2.45. The predicted octanol–water partition coefficient (Wildman–Crippen LogP) is 3.73. The molecular formula is C13H14BrFO2. The Kier molecular flexibility index (Phi) is 4.15. The van der Waals surface area contributed by atoms with Crippen molar-refractivity contribution < 1.29 is 13.9 Å². The van der Waals surface area contributed by atoms with Crippen LogP contribution in [0.4, 0.5) is 4.39 Å². The van der Waals surface area contributed by atoms with Gasteiger partial charge >= 0.3 is 0 Å². The topological polar surface area (TPSA) is 26.3 Å². The van der Waals surface area contributed by atoms with Crippen molar-refractivity contribution >= 4 is 21.7 Å². The van der Waals surface area contributed by atoms with Gasteiger partial charge in [0.1, 0.15) is 17.3 Å². The molecule has 1 aromatic carbocycles. The van der Waals surface area contributed by atoms with Crippen LogP contribution in [0.25, 0.3) is 0 Å². The van der Waals surface area contributed by atoms with Gasteiger partial charge in [0.2, 0.25) is 0 Å². The zero-order chi connectivity index (χ0) is 12.3. The van der Waals surface area contributed by atoms with Crippen molar-refractivity contribution in [1.82, 2.24) is 0 Å². The summed E-state index contributed by atoms with van der Waals surface area (Å²) in [5.74, 6) is 0.657. The molecule has 0 spiro atoms. The van der Waals surface area contributed by atoms with Crippen LogP contribution in [0.5, 0.6) is 5.75 Å². The van der Waals surface area contributed by atoms with Crippen LogP contribution in [0.2, 0.25) is 0 Å². The molecule has 0 radical (unpaired) electrons. The first-order valence-corrected chi connectivity index (χ1v) is 6.56. The van der Waals surface area contributed by atoms with Gasteiger partial charge in [0, 0.05) is 18.4 Å². The molecule has 0 heterocycles. The Balaban J connectivity index is 1.85. The first-order chi connectivity index (χ1) is 8.16. The van der Waals surface area contributed by atoms with Gasteiger partial charge in [-0.2, -0.15) is 0 Å². The van der Waals surface area contributed by atoms with Gasteiger partial charge in [-0.3, -0.25) is 4.79 Å². The van der Waals surface area contributed by atoms with Gasteiger partial charge < -0.3 is 4.74 Å². The van der Waals surface area contributed by atoms with E-state index in [-0.39, 0.29) is 11.7 Å². The third-order valence-corrected chi connectivity index (χ3v) is 3.70. The van der Waals surface area contributed by atoms with E-state index in [9.17, 15) is 9.18 Å². The summed E-state index contributed by atoms with van der Waals surface area (Å²) in [6, 6.07) is 4.34. The minimum absolute atomic E-state index is 0.141. The van der Waals surface area contributed by atoms with Crippen LogP contribution in [0, 0.1) is 11.7 Å². The Morgan fingerprint density at radius 3 is 3.00 bits per heavy atom. The van der Waals surface area contributed by atoms with Gasteiger partial charge in [0.05, 0.1) is 11.1 Å². The van der Waals surface area contributed by atoms with E-state index >= 15 is 0 Å². The van der Waals surface area contributed by atoms with Crippen molar-refractivity contribution in [3.8, 4) is 5.75 Å². The zero-order valence-corrected chi connectivity index (χ0v) is 11.0. The molecule has 1 atom stereocenters. The quantitative estimate of drug-likeness (QED) is 0.847. The van der Waals surface area contributed by atoms with Gasteiger partial charge in [-0.1, -0.05) is 0 Å². The molecule has 1 fully saturated rings. The Morgan fingerprint density at radius 2 is 2.29 bits per heavy atom. The number of Topliss-reactive ketones (excluding diaryl/α,β-unsaturated/α-hetero) is 1. The van der Waals surface area contributed by atoms with Crippen molar-refractivity contribution in [2.24, 2.45) is 5.92 Å². The second kappa shape index (κ2) is 5.63. The van der Waals surface area contributed by atoms with Gasteiger partial charge in [0.15, 0.2) is 0 Å². The summed E-state index contributed by atoms with van der Waals surface area (Å²) in [5.41, 5.74) is 0. The van der Waals surface area contributed by atoms with Gasteiger partial charge in [-0.05, 0) is 47.3 Å². The number of ether oxygens (including phenoxy) is 1. The van der Waals surface area contributed by atoms with Crippen LogP contribution in [0.3, 0.4) is 0 Å². The third kappa shape index (κ3) is 3.28. The monoisotopic (exact) mass is 300 g/mol. The minimum Gasteiger partial charge on any atom is -0.492 e. The molecule has 0 aliphatic heterocycles. The maximum Gasteiger partial charge on any atom is 0.136 e. The highest BCUT2D eigenvalue weighted by molar-refractivity contribution is 9.10. The molecule has 2 rings (SSSR count). The van der Waals surface area contributed by atoms with E-state index < -0.39 is 0 Å². The number of ketones is 1. The normalized spacial score (nSPS) is 19.6. The molecule has 0 bridgehead atoms. The van der Waals surface area contributed by atoms with E-state index in [4.69, 9.17) is 4.74 Å². The summed E-state index contributed by atoms with van der Waals surface area (Å²) in [6.45, 7) is 0.457. The molecule has 0 N–H and O–H groups in total. The number of halogens is 2. The average molecular weight is 301 g/mol. The van der Waals surface area contributed by atoms with E-state index in [0.29, 0.717) is 24.6 Å². The molecule has 1 unspecified atom stereocenters. The molecule has 0 aromatic heterocycles. The van der Waals surface area contributed by atoms with Crippen molar-refractivity contribution in [3.63, 3.8) is 0 Å². The smallest absolute Gasteiger partial charge is 0.136 e. The van der Waals surface area contributed by atoms with E-state index in [1.54, 1.807) is 6.07 Å². The number of hydrogen-bond donors (Lipinski definition) is 0. The van der Waals surface area contributed by atoms with Gasteiger partial charge in [-0.15, -0.1) is 0 Å². The Bertz CT molecular complexity index is 420. The Morgan fingerprint density at radius 1 is 1.47 bits per heavy atom. The first kappa shape index (κ1) is 12.6. The predicted molar refractivity (Wildman–Crippen MR) is 66.6 cm³/mol.